The molecular formula is C6H4N2O3-2. The molecule has 0 spiro atoms. The van der Waals surface area contributed by atoms with E-state index in [4.69, 9.17) is 0 Å². The molecular weight excluding hydrogens is 148 g/mol. The van der Waals surface area contributed by atoms with E-state index in [2.05, 4.69) is 4.94 Å². The largest absolute Gasteiger partial charge is 0.731 e. The first-order valence-corrected chi connectivity index (χ1v) is 3.00. The Balaban J connectivity index is 2.52. The van der Waals surface area contributed by atoms with Crippen LogP contribution in [0.5, 0.6) is 0 Å². The molecule has 1 heterocycles. The summed E-state index contributed by atoms with van der Waals surface area (Å²) in [6.07, 6.45) is 0. The lowest BCUT2D eigenvalue weighted by atomic mass is 10.3. The molecule has 0 saturated heterocycles. The molecule has 1 aromatic carbocycles. The zero-order chi connectivity index (χ0) is 7.84. The molecule has 1 aliphatic heterocycles. The summed E-state index contributed by atoms with van der Waals surface area (Å²) in [5.74, 6) is 0. The molecule has 0 aromatic heterocycles. The summed E-state index contributed by atoms with van der Waals surface area (Å²) in [6.45, 7) is 0. The average Bonchev–Trinajstić information content (AvgIpc) is 2.30. The minimum absolute atomic E-state index is 0.183. The lowest BCUT2D eigenvalue weighted by molar-refractivity contribution is 0.150. The number of nitrogens with zero attached hydrogens (tertiary/aromatic N) is 2. The van der Waals surface area contributed by atoms with Crippen molar-refractivity contribution in [2.45, 2.75) is 0 Å². The minimum Gasteiger partial charge on any atom is -0.731 e. The SMILES string of the molecule is [O-]N1ON([O-])c2ccccc21. The summed E-state index contributed by atoms with van der Waals surface area (Å²) >= 11 is 0. The highest BCUT2D eigenvalue weighted by atomic mass is 17.1. The number of fused-ring (bicyclic) bond motifs is 1. The van der Waals surface area contributed by atoms with Crippen molar-refractivity contribution in [1.29, 1.82) is 0 Å². The van der Waals surface area contributed by atoms with Gasteiger partial charge in [0, 0.05) is 0 Å². The van der Waals surface area contributed by atoms with E-state index in [0.717, 1.165) is 0 Å². The molecule has 0 atom stereocenters. The lowest BCUT2D eigenvalue weighted by Gasteiger charge is -2.26. The van der Waals surface area contributed by atoms with Crippen molar-refractivity contribution >= 4 is 11.4 Å². The van der Waals surface area contributed by atoms with Gasteiger partial charge in [-0.15, -0.1) is 0 Å². The van der Waals surface area contributed by atoms with Crippen LogP contribution in [-0.2, 0) is 4.94 Å². The van der Waals surface area contributed by atoms with Crippen LogP contribution in [0.15, 0.2) is 24.3 Å². The van der Waals surface area contributed by atoms with Gasteiger partial charge < -0.3 is 10.4 Å². The molecule has 1 aliphatic rings. The summed E-state index contributed by atoms with van der Waals surface area (Å²) in [5.41, 5.74) is 0.477. The smallest absolute Gasteiger partial charge is 0.0783 e. The molecule has 0 fully saturated rings. The highest BCUT2D eigenvalue weighted by Gasteiger charge is 2.13. The quantitative estimate of drug-likeness (QED) is 0.558. The van der Waals surface area contributed by atoms with Gasteiger partial charge >= 0.3 is 0 Å². The molecule has 0 aliphatic carbocycles. The molecule has 0 amide bonds. The van der Waals surface area contributed by atoms with Gasteiger partial charge in [0.05, 0.1) is 11.4 Å². The molecule has 58 valence electrons. The standard InChI is InChI=1S/C6H4N2O3/c9-7-5-3-1-2-4-6(5)8(10)11-7/h1-4H/q-2. The molecule has 0 bridgehead atoms. The highest BCUT2D eigenvalue weighted by Crippen LogP contribution is 2.34. The molecule has 1 aromatic rings. The van der Waals surface area contributed by atoms with Crippen molar-refractivity contribution < 1.29 is 4.94 Å². The van der Waals surface area contributed by atoms with Crippen molar-refractivity contribution in [3.05, 3.63) is 34.7 Å². The minimum atomic E-state index is 0.183. The lowest BCUT2D eigenvalue weighted by Crippen LogP contribution is -2.17. The molecule has 0 radical (unpaired) electrons. The zero-order valence-corrected chi connectivity index (χ0v) is 5.43. The Morgan fingerprint density at radius 3 is 1.91 bits per heavy atom. The monoisotopic (exact) mass is 152 g/mol. The predicted octanol–water partition coefficient (Wildman–Crippen LogP) is 1.16. The van der Waals surface area contributed by atoms with E-state index in [-0.39, 0.29) is 21.8 Å². The normalized spacial score (nSPS) is 15.5. The van der Waals surface area contributed by atoms with E-state index in [1.165, 1.54) is 12.1 Å². The molecule has 5 heteroatoms. The Labute approximate surface area is 62.5 Å². The van der Waals surface area contributed by atoms with E-state index in [1.54, 1.807) is 12.1 Å². The van der Waals surface area contributed by atoms with Gasteiger partial charge in [0.1, 0.15) is 0 Å². The number of para-hydroxylation sites is 2. The molecule has 0 saturated carbocycles. The van der Waals surface area contributed by atoms with Crippen molar-refractivity contribution in [1.82, 2.24) is 0 Å². The van der Waals surface area contributed by atoms with E-state index in [9.17, 15) is 10.4 Å². The second-order valence-electron chi connectivity index (χ2n) is 2.08. The third-order valence-corrected chi connectivity index (χ3v) is 1.42. The maximum absolute atomic E-state index is 10.7. The maximum atomic E-state index is 10.7. The van der Waals surface area contributed by atoms with Crippen molar-refractivity contribution in [3.63, 3.8) is 0 Å². The van der Waals surface area contributed by atoms with Crippen LogP contribution < -0.4 is 10.5 Å². The van der Waals surface area contributed by atoms with Gasteiger partial charge in [0.2, 0.25) is 0 Å². The van der Waals surface area contributed by atoms with E-state index in [0.29, 0.717) is 0 Å². The topological polar surface area (TPSA) is 61.8 Å². The molecule has 5 nitrogen and oxygen atoms in total. The molecule has 11 heavy (non-hydrogen) atoms. The number of benzene rings is 1. The van der Waals surface area contributed by atoms with Gasteiger partial charge in [-0.2, -0.15) is 4.94 Å². The zero-order valence-electron chi connectivity index (χ0n) is 5.43. The van der Waals surface area contributed by atoms with Crippen molar-refractivity contribution in [2.75, 3.05) is 10.5 Å². The van der Waals surface area contributed by atoms with Crippen LogP contribution in [0.3, 0.4) is 0 Å². The summed E-state index contributed by atoms with van der Waals surface area (Å²) < 4.78 is 0. The Morgan fingerprint density at radius 1 is 1.00 bits per heavy atom. The second kappa shape index (κ2) is 2.09. The van der Waals surface area contributed by atoms with Crippen LogP contribution in [0.25, 0.3) is 0 Å². The summed E-state index contributed by atoms with van der Waals surface area (Å²) in [6, 6.07) is 6.35. The van der Waals surface area contributed by atoms with Crippen LogP contribution in [0.2, 0.25) is 0 Å². The number of anilines is 2. The highest BCUT2D eigenvalue weighted by molar-refractivity contribution is 5.72. The number of rotatable bonds is 0. The summed E-state index contributed by atoms with van der Waals surface area (Å²) in [7, 11) is 0. The third kappa shape index (κ3) is 0.829. The first-order valence-electron chi connectivity index (χ1n) is 3.00. The average molecular weight is 152 g/mol. The van der Waals surface area contributed by atoms with Gasteiger partial charge in [-0.3, -0.25) is 10.5 Å². The summed E-state index contributed by atoms with van der Waals surface area (Å²) in [5, 5.41) is 21.8. The third-order valence-electron chi connectivity index (χ3n) is 1.42. The van der Waals surface area contributed by atoms with Crippen molar-refractivity contribution in [3.8, 4) is 0 Å². The number of hydrogen-bond acceptors (Lipinski definition) is 5. The molecule has 0 N–H and O–H groups in total. The first kappa shape index (κ1) is 6.41. The van der Waals surface area contributed by atoms with Gasteiger partial charge in [0.15, 0.2) is 0 Å². The van der Waals surface area contributed by atoms with Crippen LogP contribution >= 0.6 is 0 Å². The molecule has 2 rings (SSSR count). The fourth-order valence-electron chi connectivity index (χ4n) is 0.928. The number of hydrogen-bond donors (Lipinski definition) is 0. The van der Waals surface area contributed by atoms with E-state index >= 15 is 0 Å². The van der Waals surface area contributed by atoms with Crippen LogP contribution in [-0.4, -0.2) is 0 Å². The Kier molecular flexibility index (Phi) is 1.22. The fourth-order valence-corrected chi connectivity index (χ4v) is 0.928. The predicted molar refractivity (Wildman–Crippen MR) is 39.2 cm³/mol. The van der Waals surface area contributed by atoms with Crippen molar-refractivity contribution in [2.24, 2.45) is 0 Å². The first-order chi connectivity index (χ1) is 5.29. The maximum Gasteiger partial charge on any atom is 0.0783 e. The van der Waals surface area contributed by atoms with Gasteiger partial charge in [-0.1, -0.05) is 12.1 Å². The molecule has 0 unspecified atom stereocenters. The Hall–Kier alpha value is -1.30. The Bertz CT molecular complexity index is 251. The van der Waals surface area contributed by atoms with E-state index < -0.39 is 0 Å². The Morgan fingerprint density at radius 2 is 1.45 bits per heavy atom. The van der Waals surface area contributed by atoms with Gasteiger partial charge in [-0.05, 0) is 12.1 Å². The fraction of sp³-hybridized carbons (Fsp3) is 0. The van der Waals surface area contributed by atoms with Gasteiger partial charge in [0.25, 0.3) is 0 Å². The second-order valence-corrected chi connectivity index (χ2v) is 2.08. The summed E-state index contributed by atoms with van der Waals surface area (Å²) in [4.78, 5) is 4.19. The van der Waals surface area contributed by atoms with Crippen LogP contribution in [0.4, 0.5) is 11.4 Å². The van der Waals surface area contributed by atoms with E-state index in [1.807, 2.05) is 0 Å². The van der Waals surface area contributed by atoms with Crippen LogP contribution in [0.1, 0.15) is 0 Å². The van der Waals surface area contributed by atoms with Crippen LogP contribution in [0, 0.1) is 10.4 Å². The van der Waals surface area contributed by atoms with Gasteiger partial charge in [-0.25, -0.2) is 0 Å².